The second kappa shape index (κ2) is 10.2. The van der Waals surface area contributed by atoms with Gasteiger partial charge in [0.25, 0.3) is 0 Å². The molecular formula is C16H32N2O2. The Morgan fingerprint density at radius 2 is 1.75 bits per heavy atom. The van der Waals surface area contributed by atoms with Crippen LogP contribution >= 0.6 is 0 Å². The zero-order valence-corrected chi connectivity index (χ0v) is 13.5. The van der Waals surface area contributed by atoms with Gasteiger partial charge in [-0.1, -0.05) is 39.5 Å². The third kappa shape index (κ3) is 7.25. The summed E-state index contributed by atoms with van der Waals surface area (Å²) in [4.78, 5) is 14.1. The highest BCUT2D eigenvalue weighted by Crippen LogP contribution is 2.09. The molecule has 0 aromatic heterocycles. The Morgan fingerprint density at radius 3 is 2.40 bits per heavy atom. The fourth-order valence-corrected chi connectivity index (χ4v) is 2.49. The van der Waals surface area contributed by atoms with Gasteiger partial charge in [0.05, 0.1) is 19.3 Å². The van der Waals surface area contributed by atoms with Crippen molar-refractivity contribution in [2.45, 2.75) is 58.9 Å². The average Bonchev–Trinajstić information content (AvgIpc) is 2.45. The predicted octanol–water partition coefficient (Wildman–Crippen LogP) is 2.43. The highest BCUT2D eigenvalue weighted by Gasteiger charge is 2.21. The summed E-state index contributed by atoms with van der Waals surface area (Å²) in [5, 5.41) is 3.35. The van der Waals surface area contributed by atoms with E-state index in [1.807, 2.05) is 11.8 Å². The van der Waals surface area contributed by atoms with Gasteiger partial charge in [-0.3, -0.25) is 4.79 Å². The van der Waals surface area contributed by atoms with Gasteiger partial charge in [-0.15, -0.1) is 0 Å². The second-order valence-electron chi connectivity index (χ2n) is 6.21. The summed E-state index contributed by atoms with van der Waals surface area (Å²) in [7, 11) is 0. The molecule has 1 heterocycles. The molecule has 0 radical (unpaired) electrons. The molecule has 118 valence electrons. The summed E-state index contributed by atoms with van der Waals surface area (Å²) in [5.41, 5.74) is 0. The second-order valence-corrected chi connectivity index (χ2v) is 6.21. The van der Waals surface area contributed by atoms with E-state index in [2.05, 4.69) is 19.2 Å². The minimum absolute atomic E-state index is 0.0660. The number of hydrogen-bond donors (Lipinski definition) is 1. The number of morpholine rings is 1. The number of amides is 1. The molecule has 1 fully saturated rings. The van der Waals surface area contributed by atoms with Gasteiger partial charge in [0.15, 0.2) is 0 Å². The molecule has 1 rings (SSSR count). The molecule has 0 spiro atoms. The Kier molecular flexibility index (Phi) is 8.86. The van der Waals surface area contributed by atoms with E-state index in [0.717, 1.165) is 25.6 Å². The molecular weight excluding hydrogens is 252 g/mol. The molecule has 1 aliphatic heterocycles. The maximum atomic E-state index is 12.1. The van der Waals surface area contributed by atoms with Crippen LogP contribution in [0.15, 0.2) is 0 Å². The SMILES string of the molecule is CC(C)CCCCCCNC(C)C(=O)N1CCOCC1. The number of unbranched alkanes of at least 4 members (excludes halogenated alkanes) is 3. The van der Waals surface area contributed by atoms with Crippen LogP contribution in [-0.4, -0.2) is 49.7 Å². The van der Waals surface area contributed by atoms with Crippen LogP contribution in [0.2, 0.25) is 0 Å². The molecule has 0 aliphatic carbocycles. The van der Waals surface area contributed by atoms with Crippen molar-refractivity contribution in [3.8, 4) is 0 Å². The number of ether oxygens (including phenoxy) is 1. The fourth-order valence-electron chi connectivity index (χ4n) is 2.49. The van der Waals surface area contributed by atoms with Crippen LogP contribution in [0.3, 0.4) is 0 Å². The van der Waals surface area contributed by atoms with Crippen LogP contribution in [-0.2, 0) is 9.53 Å². The zero-order chi connectivity index (χ0) is 14.8. The number of nitrogens with one attached hydrogen (secondary N) is 1. The first-order valence-electron chi connectivity index (χ1n) is 8.21. The predicted molar refractivity (Wildman–Crippen MR) is 82.8 cm³/mol. The first kappa shape index (κ1) is 17.4. The Balaban J connectivity index is 2.01. The standard InChI is InChI=1S/C16H32N2O2/c1-14(2)8-6-4-5-7-9-17-15(3)16(19)18-10-12-20-13-11-18/h14-15,17H,4-13H2,1-3H3. The van der Waals surface area contributed by atoms with Crippen molar-refractivity contribution < 1.29 is 9.53 Å². The van der Waals surface area contributed by atoms with Crippen molar-refractivity contribution in [1.82, 2.24) is 10.2 Å². The van der Waals surface area contributed by atoms with Crippen LogP contribution in [0.25, 0.3) is 0 Å². The number of carbonyl (C=O) groups is 1. The summed E-state index contributed by atoms with van der Waals surface area (Å²) in [6.45, 7) is 10.3. The molecule has 1 N–H and O–H groups in total. The maximum absolute atomic E-state index is 12.1. The fraction of sp³-hybridized carbons (Fsp3) is 0.938. The Hall–Kier alpha value is -0.610. The number of hydrogen-bond acceptors (Lipinski definition) is 3. The van der Waals surface area contributed by atoms with Crippen molar-refractivity contribution in [2.24, 2.45) is 5.92 Å². The van der Waals surface area contributed by atoms with Crippen molar-refractivity contribution in [3.63, 3.8) is 0 Å². The maximum Gasteiger partial charge on any atom is 0.239 e. The molecule has 0 saturated carbocycles. The summed E-state index contributed by atoms with van der Waals surface area (Å²) in [5.74, 6) is 1.03. The minimum Gasteiger partial charge on any atom is -0.378 e. The van der Waals surface area contributed by atoms with Crippen LogP contribution < -0.4 is 5.32 Å². The Labute approximate surface area is 124 Å². The van der Waals surface area contributed by atoms with Crippen LogP contribution in [0.4, 0.5) is 0 Å². The van der Waals surface area contributed by atoms with Gasteiger partial charge in [-0.2, -0.15) is 0 Å². The third-order valence-corrected chi connectivity index (χ3v) is 3.85. The Bertz CT molecular complexity index is 263. The quantitative estimate of drug-likeness (QED) is 0.661. The van der Waals surface area contributed by atoms with Crippen LogP contribution in [0.1, 0.15) is 52.9 Å². The number of rotatable bonds is 9. The zero-order valence-electron chi connectivity index (χ0n) is 13.5. The van der Waals surface area contributed by atoms with E-state index >= 15 is 0 Å². The van der Waals surface area contributed by atoms with Crippen LogP contribution in [0, 0.1) is 5.92 Å². The first-order chi connectivity index (χ1) is 9.61. The first-order valence-corrected chi connectivity index (χ1v) is 8.21. The minimum atomic E-state index is -0.0660. The molecule has 20 heavy (non-hydrogen) atoms. The lowest BCUT2D eigenvalue weighted by Crippen LogP contribution is -2.49. The van der Waals surface area contributed by atoms with Gasteiger partial charge in [0.1, 0.15) is 0 Å². The lowest BCUT2D eigenvalue weighted by molar-refractivity contribution is -0.137. The molecule has 4 heteroatoms. The van der Waals surface area contributed by atoms with Gasteiger partial charge in [-0.05, 0) is 25.8 Å². The van der Waals surface area contributed by atoms with Gasteiger partial charge >= 0.3 is 0 Å². The van der Waals surface area contributed by atoms with Gasteiger partial charge in [0.2, 0.25) is 5.91 Å². The molecule has 0 aromatic rings. The largest absolute Gasteiger partial charge is 0.378 e. The molecule has 1 unspecified atom stereocenters. The van der Waals surface area contributed by atoms with E-state index < -0.39 is 0 Å². The molecule has 4 nitrogen and oxygen atoms in total. The summed E-state index contributed by atoms with van der Waals surface area (Å²) in [6, 6.07) is -0.0660. The average molecular weight is 284 g/mol. The number of carbonyl (C=O) groups excluding carboxylic acids is 1. The Morgan fingerprint density at radius 1 is 1.10 bits per heavy atom. The lowest BCUT2D eigenvalue weighted by atomic mass is 10.0. The highest BCUT2D eigenvalue weighted by atomic mass is 16.5. The van der Waals surface area contributed by atoms with E-state index in [1.54, 1.807) is 0 Å². The van der Waals surface area contributed by atoms with Crippen molar-refractivity contribution in [3.05, 3.63) is 0 Å². The summed E-state index contributed by atoms with van der Waals surface area (Å²) >= 11 is 0. The molecule has 1 aliphatic rings. The van der Waals surface area contributed by atoms with E-state index in [-0.39, 0.29) is 11.9 Å². The lowest BCUT2D eigenvalue weighted by Gasteiger charge is -2.29. The van der Waals surface area contributed by atoms with E-state index in [4.69, 9.17) is 4.74 Å². The van der Waals surface area contributed by atoms with Crippen molar-refractivity contribution in [1.29, 1.82) is 0 Å². The molecule has 0 bridgehead atoms. The van der Waals surface area contributed by atoms with E-state index in [9.17, 15) is 4.79 Å². The van der Waals surface area contributed by atoms with Gasteiger partial charge in [0, 0.05) is 13.1 Å². The highest BCUT2D eigenvalue weighted by molar-refractivity contribution is 5.81. The van der Waals surface area contributed by atoms with Crippen LogP contribution in [0.5, 0.6) is 0 Å². The normalized spacial score (nSPS) is 17.5. The molecule has 0 aromatic carbocycles. The summed E-state index contributed by atoms with van der Waals surface area (Å²) < 4.78 is 5.27. The van der Waals surface area contributed by atoms with E-state index in [0.29, 0.717) is 13.2 Å². The molecule has 1 atom stereocenters. The van der Waals surface area contributed by atoms with E-state index in [1.165, 1.54) is 32.1 Å². The topological polar surface area (TPSA) is 41.6 Å². The number of nitrogens with zero attached hydrogens (tertiary/aromatic N) is 1. The molecule has 1 amide bonds. The molecule has 1 saturated heterocycles. The summed E-state index contributed by atoms with van der Waals surface area (Å²) in [6.07, 6.45) is 6.40. The van der Waals surface area contributed by atoms with Gasteiger partial charge in [-0.25, -0.2) is 0 Å². The van der Waals surface area contributed by atoms with Crippen molar-refractivity contribution in [2.75, 3.05) is 32.8 Å². The third-order valence-electron chi connectivity index (χ3n) is 3.85. The van der Waals surface area contributed by atoms with Crippen molar-refractivity contribution >= 4 is 5.91 Å². The van der Waals surface area contributed by atoms with Gasteiger partial charge < -0.3 is 15.0 Å². The monoisotopic (exact) mass is 284 g/mol. The smallest absolute Gasteiger partial charge is 0.239 e.